The van der Waals surface area contributed by atoms with Crippen LogP contribution in [0.25, 0.3) is 22.4 Å². The van der Waals surface area contributed by atoms with Gasteiger partial charge in [0.15, 0.2) is 22.3 Å². The summed E-state index contributed by atoms with van der Waals surface area (Å²) in [6.07, 6.45) is 0.469. The van der Waals surface area contributed by atoms with Gasteiger partial charge in [-0.25, -0.2) is 4.98 Å². The minimum atomic E-state index is -0.465. The standard InChI is InChI=1S/C27H18Cl3N3O3S/c1-14-2-5-16(11-19(14)29)22-8-9-23(35-22)26(34)33-27(37)31-18-6-3-15(4-7-18)10-24-32-21-13-17(28)12-20(30)25(21)36-24/h2-9,11-13H,10H2,1H3,(H2,31,33,34,37). The molecular weight excluding hydrogens is 553 g/mol. The number of hydrogen-bond acceptors (Lipinski definition) is 5. The largest absolute Gasteiger partial charge is 0.451 e. The van der Waals surface area contributed by atoms with Gasteiger partial charge in [-0.05, 0) is 72.7 Å². The molecule has 0 atom stereocenters. The quantitative estimate of drug-likeness (QED) is 0.208. The Labute approximate surface area is 232 Å². The molecule has 3 aromatic carbocycles. The van der Waals surface area contributed by atoms with E-state index >= 15 is 0 Å². The molecule has 5 rings (SSSR count). The Hall–Kier alpha value is -3.36. The molecular formula is C27H18Cl3N3O3S. The third-order valence-corrected chi connectivity index (χ3v) is 6.64. The van der Waals surface area contributed by atoms with Gasteiger partial charge in [-0.15, -0.1) is 0 Å². The summed E-state index contributed by atoms with van der Waals surface area (Å²) < 4.78 is 11.5. The fourth-order valence-electron chi connectivity index (χ4n) is 3.65. The lowest BCUT2D eigenvalue weighted by atomic mass is 10.1. The summed E-state index contributed by atoms with van der Waals surface area (Å²) in [5.41, 5.74) is 4.52. The number of carbonyl (C=O) groups is 1. The average molecular weight is 571 g/mol. The number of thiocarbonyl (C=S) groups is 1. The summed E-state index contributed by atoms with van der Waals surface area (Å²) in [6.45, 7) is 1.92. The van der Waals surface area contributed by atoms with E-state index in [9.17, 15) is 4.79 Å². The van der Waals surface area contributed by atoms with Gasteiger partial charge >= 0.3 is 0 Å². The van der Waals surface area contributed by atoms with Crippen molar-refractivity contribution < 1.29 is 13.6 Å². The zero-order valence-corrected chi connectivity index (χ0v) is 22.4. The maximum Gasteiger partial charge on any atom is 0.293 e. The molecule has 0 aliphatic carbocycles. The Bertz CT molecular complexity index is 1640. The lowest BCUT2D eigenvalue weighted by Crippen LogP contribution is -2.33. The molecule has 0 unspecified atom stereocenters. The van der Waals surface area contributed by atoms with Crippen molar-refractivity contribution in [2.45, 2.75) is 13.3 Å². The van der Waals surface area contributed by atoms with Crippen molar-refractivity contribution in [2.24, 2.45) is 0 Å². The monoisotopic (exact) mass is 569 g/mol. The second kappa shape index (κ2) is 10.6. The Morgan fingerprint density at radius 2 is 1.73 bits per heavy atom. The maximum atomic E-state index is 12.6. The molecule has 6 nitrogen and oxygen atoms in total. The Morgan fingerprint density at radius 1 is 0.946 bits per heavy atom. The van der Waals surface area contributed by atoms with Crippen LogP contribution in [0.2, 0.25) is 15.1 Å². The molecule has 2 aromatic heterocycles. The normalized spacial score (nSPS) is 11.0. The Kier molecular flexibility index (Phi) is 7.22. The fourth-order valence-corrected chi connectivity index (χ4v) is 4.56. The predicted molar refractivity (Wildman–Crippen MR) is 151 cm³/mol. The van der Waals surface area contributed by atoms with Gasteiger partial charge in [-0.1, -0.05) is 59.1 Å². The second-order valence-corrected chi connectivity index (χ2v) is 9.91. The zero-order valence-electron chi connectivity index (χ0n) is 19.3. The van der Waals surface area contributed by atoms with Crippen LogP contribution in [-0.2, 0) is 6.42 Å². The van der Waals surface area contributed by atoms with Gasteiger partial charge in [0.05, 0.1) is 5.02 Å². The third-order valence-electron chi connectivity index (χ3n) is 5.53. The van der Waals surface area contributed by atoms with Crippen molar-refractivity contribution in [3.05, 3.63) is 105 Å². The van der Waals surface area contributed by atoms with E-state index in [0.29, 0.717) is 49.9 Å². The molecule has 0 aliphatic heterocycles. The number of aryl methyl sites for hydroxylation is 1. The van der Waals surface area contributed by atoms with Gasteiger partial charge in [-0.3, -0.25) is 10.1 Å². The molecule has 2 heterocycles. The summed E-state index contributed by atoms with van der Waals surface area (Å²) in [5.74, 6) is 0.721. The lowest BCUT2D eigenvalue weighted by Gasteiger charge is -2.09. The molecule has 0 saturated heterocycles. The van der Waals surface area contributed by atoms with E-state index in [4.69, 9.17) is 55.9 Å². The van der Waals surface area contributed by atoms with Crippen molar-refractivity contribution in [1.82, 2.24) is 10.3 Å². The number of benzene rings is 3. The number of fused-ring (bicyclic) bond motifs is 1. The molecule has 5 aromatic rings. The highest BCUT2D eigenvalue weighted by Crippen LogP contribution is 2.29. The van der Waals surface area contributed by atoms with Crippen molar-refractivity contribution in [3.63, 3.8) is 0 Å². The number of hydrogen-bond donors (Lipinski definition) is 2. The minimum absolute atomic E-state index is 0.130. The second-order valence-electron chi connectivity index (χ2n) is 8.25. The van der Waals surface area contributed by atoms with Crippen LogP contribution in [0.15, 0.2) is 75.6 Å². The van der Waals surface area contributed by atoms with Crippen LogP contribution in [0.1, 0.15) is 27.6 Å². The Balaban J connectivity index is 1.19. The number of rotatable bonds is 5. The number of nitrogens with zero attached hydrogens (tertiary/aromatic N) is 1. The van der Waals surface area contributed by atoms with Crippen LogP contribution >= 0.6 is 47.0 Å². The molecule has 0 bridgehead atoms. The first kappa shape index (κ1) is 25.3. The van der Waals surface area contributed by atoms with Gasteiger partial charge in [0, 0.05) is 27.7 Å². The molecule has 0 fully saturated rings. The molecule has 37 heavy (non-hydrogen) atoms. The highest BCUT2D eigenvalue weighted by atomic mass is 35.5. The van der Waals surface area contributed by atoms with E-state index in [1.807, 2.05) is 43.3 Å². The van der Waals surface area contributed by atoms with Crippen LogP contribution < -0.4 is 10.6 Å². The third kappa shape index (κ3) is 5.81. The smallest absolute Gasteiger partial charge is 0.293 e. The topological polar surface area (TPSA) is 80.3 Å². The highest BCUT2D eigenvalue weighted by molar-refractivity contribution is 7.80. The van der Waals surface area contributed by atoms with E-state index in [1.54, 1.807) is 30.3 Å². The summed E-state index contributed by atoms with van der Waals surface area (Å²) in [4.78, 5) is 17.0. The van der Waals surface area contributed by atoms with Gasteiger partial charge in [0.1, 0.15) is 11.3 Å². The SMILES string of the molecule is Cc1ccc(-c2ccc(C(=O)NC(=S)Nc3ccc(Cc4nc5cc(Cl)cc(Cl)c5o4)cc3)o2)cc1Cl. The number of halogens is 3. The molecule has 0 aliphatic rings. The first-order valence-corrected chi connectivity index (χ1v) is 12.6. The number of aromatic nitrogens is 1. The maximum absolute atomic E-state index is 12.6. The molecule has 2 N–H and O–H groups in total. The first-order chi connectivity index (χ1) is 17.7. The van der Waals surface area contributed by atoms with Crippen molar-refractivity contribution in [3.8, 4) is 11.3 Å². The zero-order chi connectivity index (χ0) is 26.1. The summed E-state index contributed by atoms with van der Waals surface area (Å²) in [7, 11) is 0. The van der Waals surface area contributed by atoms with Crippen LogP contribution in [0.5, 0.6) is 0 Å². The Morgan fingerprint density at radius 3 is 2.49 bits per heavy atom. The minimum Gasteiger partial charge on any atom is -0.451 e. The van der Waals surface area contributed by atoms with E-state index in [2.05, 4.69) is 15.6 Å². The summed E-state index contributed by atoms with van der Waals surface area (Å²) >= 11 is 23.7. The number of nitrogens with one attached hydrogen (secondary N) is 2. The predicted octanol–water partition coefficient (Wildman–Crippen LogP) is 8.07. The number of carbonyl (C=O) groups excluding carboxylic acids is 1. The van der Waals surface area contributed by atoms with Crippen molar-refractivity contribution in [2.75, 3.05) is 5.32 Å². The van der Waals surface area contributed by atoms with Crippen LogP contribution in [0.4, 0.5) is 5.69 Å². The summed E-state index contributed by atoms with van der Waals surface area (Å²) in [6, 6.07) is 19.7. The number of anilines is 1. The van der Waals surface area contributed by atoms with Gasteiger partial charge in [-0.2, -0.15) is 0 Å². The van der Waals surface area contributed by atoms with E-state index in [1.165, 1.54) is 0 Å². The van der Waals surface area contributed by atoms with E-state index < -0.39 is 5.91 Å². The molecule has 0 radical (unpaired) electrons. The molecule has 10 heteroatoms. The van der Waals surface area contributed by atoms with Crippen LogP contribution in [0, 0.1) is 6.92 Å². The number of furan rings is 1. The lowest BCUT2D eigenvalue weighted by molar-refractivity contribution is 0.0951. The summed E-state index contributed by atoms with van der Waals surface area (Å²) in [5, 5.41) is 7.29. The van der Waals surface area contributed by atoms with Gasteiger partial charge in [0.2, 0.25) is 0 Å². The van der Waals surface area contributed by atoms with Crippen molar-refractivity contribution >= 4 is 74.8 Å². The number of oxazole rings is 1. The highest BCUT2D eigenvalue weighted by Gasteiger charge is 2.15. The van der Waals surface area contributed by atoms with Crippen LogP contribution in [-0.4, -0.2) is 16.0 Å². The molecule has 1 amide bonds. The molecule has 0 saturated carbocycles. The van der Waals surface area contributed by atoms with E-state index in [-0.39, 0.29) is 10.9 Å². The average Bonchev–Trinajstić information content (AvgIpc) is 3.50. The number of amides is 1. The van der Waals surface area contributed by atoms with E-state index in [0.717, 1.165) is 16.7 Å². The molecule has 186 valence electrons. The van der Waals surface area contributed by atoms with Gasteiger partial charge in [0.25, 0.3) is 5.91 Å². The molecule has 0 spiro atoms. The fraction of sp³-hybridized carbons (Fsp3) is 0.0741. The van der Waals surface area contributed by atoms with Crippen molar-refractivity contribution in [1.29, 1.82) is 0 Å². The first-order valence-electron chi connectivity index (χ1n) is 11.1. The van der Waals surface area contributed by atoms with Crippen LogP contribution in [0.3, 0.4) is 0 Å². The van der Waals surface area contributed by atoms with Gasteiger partial charge < -0.3 is 14.2 Å².